The Morgan fingerprint density at radius 3 is 2.70 bits per heavy atom. The molecule has 1 aromatic heterocycles. The molecule has 8 heteroatoms. The van der Waals surface area contributed by atoms with E-state index in [1.54, 1.807) is 18.1 Å². The second-order valence-corrected chi connectivity index (χ2v) is 8.30. The average molecular weight is 566 g/mol. The van der Waals surface area contributed by atoms with Gasteiger partial charge in [-0.2, -0.15) is 0 Å². The fraction of sp³-hybridized carbons (Fsp3) is 0.480. The highest BCUT2D eigenvalue weighted by atomic mass is 127. The topological polar surface area (TPSA) is 78.9 Å². The fourth-order valence-electron chi connectivity index (χ4n) is 3.87. The molecule has 2 atom stereocenters. The van der Waals surface area contributed by atoms with Gasteiger partial charge in [0.05, 0.1) is 12.6 Å². The number of aryl methyl sites for hydroxylation is 1. The minimum Gasteiger partial charge on any atom is -0.373 e. The maximum absolute atomic E-state index is 12.5. The summed E-state index contributed by atoms with van der Waals surface area (Å²) in [6.45, 7) is 4.45. The number of carbonyl (C=O) groups is 1. The molecule has 2 aromatic rings. The van der Waals surface area contributed by atoms with Crippen LogP contribution in [0.1, 0.15) is 35.8 Å². The molecule has 0 radical (unpaired) electrons. The third-order valence-corrected chi connectivity index (χ3v) is 5.87. The molecule has 0 aliphatic carbocycles. The van der Waals surface area contributed by atoms with Crippen molar-refractivity contribution in [3.05, 3.63) is 65.5 Å². The van der Waals surface area contributed by atoms with Gasteiger partial charge in [0.1, 0.15) is 0 Å². The first-order valence-electron chi connectivity index (χ1n) is 11.3. The number of likely N-dealkylation sites (N-methyl/N-ethyl adjacent to an activating group) is 1. The quantitative estimate of drug-likeness (QED) is 0.292. The van der Waals surface area contributed by atoms with E-state index in [-0.39, 0.29) is 42.5 Å². The standard InChI is InChI=1S/C25H35N5O2.HI/c1-19-9-11-20(12-10-19)24-21(7-6-16-32-24)17-28-25(26-2)29-18-23(31)30(3)15-13-22-8-4-5-14-27-22;/h4-5,8-12,14,21,24H,6-7,13,15-18H2,1-3H3,(H2,26,28,29);1H. The molecule has 1 aliphatic heterocycles. The van der Waals surface area contributed by atoms with Crippen LogP contribution in [0.5, 0.6) is 0 Å². The largest absolute Gasteiger partial charge is 0.373 e. The number of rotatable bonds is 8. The maximum atomic E-state index is 12.5. The Kier molecular flexibility index (Phi) is 11.6. The van der Waals surface area contributed by atoms with Crippen molar-refractivity contribution in [3.63, 3.8) is 0 Å². The van der Waals surface area contributed by atoms with Gasteiger partial charge in [0.15, 0.2) is 5.96 Å². The second-order valence-electron chi connectivity index (χ2n) is 8.30. The van der Waals surface area contributed by atoms with Crippen molar-refractivity contribution in [3.8, 4) is 0 Å². The third kappa shape index (κ3) is 8.58. The molecule has 1 fully saturated rings. The number of benzene rings is 1. The molecule has 2 N–H and O–H groups in total. The summed E-state index contributed by atoms with van der Waals surface area (Å²) < 4.78 is 6.11. The minimum absolute atomic E-state index is 0. The lowest BCUT2D eigenvalue weighted by atomic mass is 9.89. The van der Waals surface area contributed by atoms with Crippen LogP contribution >= 0.6 is 24.0 Å². The highest BCUT2D eigenvalue weighted by Crippen LogP contribution is 2.33. The predicted molar refractivity (Wildman–Crippen MR) is 143 cm³/mol. The molecule has 2 unspecified atom stereocenters. The van der Waals surface area contributed by atoms with Crippen LogP contribution in [-0.2, 0) is 16.0 Å². The van der Waals surface area contributed by atoms with Crippen molar-refractivity contribution in [1.82, 2.24) is 20.5 Å². The second kappa shape index (κ2) is 14.1. The number of nitrogens with zero attached hydrogens (tertiary/aromatic N) is 3. The first-order valence-corrected chi connectivity index (χ1v) is 11.3. The van der Waals surface area contributed by atoms with Crippen LogP contribution in [0.2, 0.25) is 0 Å². The number of aliphatic imine (C=N–C) groups is 1. The van der Waals surface area contributed by atoms with Gasteiger partial charge in [-0.1, -0.05) is 35.9 Å². The van der Waals surface area contributed by atoms with Gasteiger partial charge in [-0.25, -0.2) is 0 Å². The Hall–Kier alpha value is -2.20. The van der Waals surface area contributed by atoms with E-state index < -0.39 is 0 Å². The fourth-order valence-corrected chi connectivity index (χ4v) is 3.87. The van der Waals surface area contributed by atoms with Crippen molar-refractivity contribution in [2.24, 2.45) is 10.9 Å². The van der Waals surface area contributed by atoms with Gasteiger partial charge in [-0.3, -0.25) is 14.8 Å². The molecule has 33 heavy (non-hydrogen) atoms. The summed E-state index contributed by atoms with van der Waals surface area (Å²) in [5.41, 5.74) is 3.45. The summed E-state index contributed by atoms with van der Waals surface area (Å²) in [7, 11) is 3.54. The number of pyridine rings is 1. The number of carbonyl (C=O) groups excluding carboxylic acids is 1. The molecule has 180 valence electrons. The number of nitrogens with one attached hydrogen (secondary N) is 2. The molecule has 1 aromatic carbocycles. The Morgan fingerprint density at radius 1 is 1.21 bits per heavy atom. The Labute approximate surface area is 214 Å². The Morgan fingerprint density at radius 2 is 2.00 bits per heavy atom. The van der Waals surface area contributed by atoms with E-state index >= 15 is 0 Å². The summed E-state index contributed by atoms with van der Waals surface area (Å²) in [5.74, 6) is 0.994. The molecule has 7 nitrogen and oxygen atoms in total. The Balaban J connectivity index is 0.00000385. The van der Waals surface area contributed by atoms with Gasteiger partial charge in [0, 0.05) is 58.0 Å². The van der Waals surface area contributed by atoms with Crippen molar-refractivity contribution in [1.29, 1.82) is 0 Å². The SMILES string of the molecule is CN=C(NCC(=O)N(C)CCc1ccccn1)NCC1CCCOC1c1ccc(C)cc1.I. The number of aromatic nitrogens is 1. The van der Waals surface area contributed by atoms with Crippen molar-refractivity contribution >= 4 is 35.8 Å². The van der Waals surface area contributed by atoms with Crippen LogP contribution < -0.4 is 10.6 Å². The molecule has 0 bridgehead atoms. The first kappa shape index (κ1) is 27.0. The minimum atomic E-state index is 0. The van der Waals surface area contributed by atoms with E-state index in [0.29, 0.717) is 18.4 Å². The zero-order valence-corrected chi connectivity index (χ0v) is 22.1. The molecule has 2 heterocycles. The third-order valence-electron chi connectivity index (χ3n) is 5.87. The van der Waals surface area contributed by atoms with E-state index in [0.717, 1.165) is 38.1 Å². The molecular formula is C25H36IN5O2. The van der Waals surface area contributed by atoms with Crippen LogP contribution in [-0.4, -0.2) is 62.1 Å². The molecule has 1 amide bonds. The van der Waals surface area contributed by atoms with E-state index in [2.05, 4.69) is 51.8 Å². The van der Waals surface area contributed by atoms with Gasteiger partial charge in [-0.15, -0.1) is 24.0 Å². The molecule has 3 rings (SSSR count). The summed E-state index contributed by atoms with van der Waals surface area (Å²) in [6, 6.07) is 14.4. The highest BCUT2D eigenvalue weighted by molar-refractivity contribution is 14.0. The lowest BCUT2D eigenvalue weighted by Crippen LogP contribution is -2.46. The van der Waals surface area contributed by atoms with Crippen LogP contribution in [0, 0.1) is 12.8 Å². The zero-order valence-electron chi connectivity index (χ0n) is 19.8. The van der Waals surface area contributed by atoms with Gasteiger partial charge in [0.25, 0.3) is 0 Å². The summed E-state index contributed by atoms with van der Waals surface area (Å²) in [5, 5.41) is 6.52. The van der Waals surface area contributed by atoms with Crippen molar-refractivity contribution in [2.45, 2.75) is 32.3 Å². The zero-order chi connectivity index (χ0) is 22.8. The number of ether oxygens (including phenoxy) is 1. The smallest absolute Gasteiger partial charge is 0.241 e. The normalized spacial score (nSPS) is 18.2. The van der Waals surface area contributed by atoms with E-state index in [9.17, 15) is 4.79 Å². The number of guanidine groups is 1. The molecular weight excluding hydrogens is 529 g/mol. The number of amides is 1. The monoisotopic (exact) mass is 565 g/mol. The molecule has 1 aliphatic rings. The molecule has 1 saturated heterocycles. The first-order chi connectivity index (χ1) is 15.6. The average Bonchev–Trinajstić information content (AvgIpc) is 2.84. The summed E-state index contributed by atoms with van der Waals surface area (Å²) in [4.78, 5) is 22.8. The predicted octanol–water partition coefficient (Wildman–Crippen LogP) is 3.34. The van der Waals surface area contributed by atoms with Crippen LogP contribution in [0.3, 0.4) is 0 Å². The maximum Gasteiger partial charge on any atom is 0.241 e. The van der Waals surface area contributed by atoms with Gasteiger partial charge in [0.2, 0.25) is 5.91 Å². The summed E-state index contributed by atoms with van der Waals surface area (Å²) in [6.07, 6.45) is 4.74. The lowest BCUT2D eigenvalue weighted by molar-refractivity contribution is -0.128. The van der Waals surface area contributed by atoms with Gasteiger partial charge >= 0.3 is 0 Å². The van der Waals surface area contributed by atoms with E-state index in [1.165, 1.54) is 11.1 Å². The van der Waals surface area contributed by atoms with E-state index in [4.69, 9.17) is 4.74 Å². The van der Waals surface area contributed by atoms with Gasteiger partial charge in [-0.05, 0) is 37.5 Å². The summed E-state index contributed by atoms with van der Waals surface area (Å²) >= 11 is 0. The van der Waals surface area contributed by atoms with Gasteiger partial charge < -0.3 is 20.3 Å². The number of hydrogen-bond donors (Lipinski definition) is 2. The van der Waals surface area contributed by atoms with Crippen LogP contribution in [0.15, 0.2) is 53.7 Å². The lowest BCUT2D eigenvalue weighted by Gasteiger charge is -2.32. The number of halogens is 1. The van der Waals surface area contributed by atoms with Crippen LogP contribution in [0.4, 0.5) is 0 Å². The number of hydrogen-bond acceptors (Lipinski definition) is 4. The highest BCUT2D eigenvalue weighted by Gasteiger charge is 2.27. The van der Waals surface area contributed by atoms with E-state index in [1.807, 2.05) is 25.2 Å². The van der Waals surface area contributed by atoms with Crippen LogP contribution in [0.25, 0.3) is 0 Å². The van der Waals surface area contributed by atoms with Crippen molar-refractivity contribution < 1.29 is 9.53 Å². The molecule has 0 saturated carbocycles. The van der Waals surface area contributed by atoms with Crippen molar-refractivity contribution in [2.75, 3.05) is 40.3 Å². The molecule has 0 spiro atoms. The Bertz CT molecular complexity index is 876.